The standard InChI is InChI=1S/C9H8BrNO4/c10-6-3-5(1-2-8(6)12)4-7(11-15)9(13)14/h1-3,12,15H,4H2,(H,13,14)/b11-7-. The van der Waals surface area contributed by atoms with Gasteiger partial charge in [0.1, 0.15) is 5.75 Å². The van der Waals surface area contributed by atoms with Gasteiger partial charge in [-0.15, -0.1) is 0 Å². The molecule has 1 aromatic carbocycles. The van der Waals surface area contributed by atoms with Gasteiger partial charge in [-0.2, -0.15) is 0 Å². The number of hydrogen-bond acceptors (Lipinski definition) is 4. The largest absolute Gasteiger partial charge is 0.507 e. The number of benzene rings is 1. The number of rotatable bonds is 3. The van der Waals surface area contributed by atoms with Crippen LogP contribution < -0.4 is 0 Å². The molecule has 0 heterocycles. The number of aliphatic carboxylic acids is 1. The highest BCUT2D eigenvalue weighted by atomic mass is 79.9. The van der Waals surface area contributed by atoms with Gasteiger partial charge in [-0.05, 0) is 33.6 Å². The van der Waals surface area contributed by atoms with E-state index in [9.17, 15) is 9.90 Å². The first-order valence-corrected chi connectivity index (χ1v) is 4.75. The molecule has 0 spiro atoms. The molecule has 0 saturated carbocycles. The number of phenolic OH excluding ortho intramolecular Hbond substituents is 1. The van der Waals surface area contributed by atoms with Crippen molar-refractivity contribution >= 4 is 27.6 Å². The van der Waals surface area contributed by atoms with E-state index in [1.807, 2.05) is 0 Å². The Kier molecular flexibility index (Phi) is 3.68. The summed E-state index contributed by atoms with van der Waals surface area (Å²) in [5, 5.41) is 28.9. The number of oxime groups is 1. The molecule has 0 aliphatic rings. The van der Waals surface area contributed by atoms with Gasteiger partial charge in [-0.25, -0.2) is 4.79 Å². The van der Waals surface area contributed by atoms with Gasteiger partial charge in [0.15, 0.2) is 5.71 Å². The Morgan fingerprint density at radius 1 is 1.47 bits per heavy atom. The van der Waals surface area contributed by atoms with Crippen LogP contribution in [0.3, 0.4) is 0 Å². The maximum atomic E-state index is 10.5. The van der Waals surface area contributed by atoms with Gasteiger partial charge in [-0.3, -0.25) is 0 Å². The third kappa shape index (κ3) is 2.95. The Morgan fingerprint density at radius 2 is 2.13 bits per heavy atom. The van der Waals surface area contributed by atoms with Crippen LogP contribution in [-0.4, -0.2) is 27.1 Å². The van der Waals surface area contributed by atoms with Gasteiger partial charge in [0.25, 0.3) is 0 Å². The predicted molar refractivity (Wildman–Crippen MR) is 56.4 cm³/mol. The number of nitrogens with zero attached hydrogens (tertiary/aromatic N) is 1. The number of carbonyl (C=O) groups is 1. The van der Waals surface area contributed by atoms with E-state index in [4.69, 9.17) is 10.3 Å². The molecule has 0 atom stereocenters. The molecule has 0 saturated heterocycles. The third-order valence-electron chi connectivity index (χ3n) is 1.75. The fraction of sp³-hybridized carbons (Fsp3) is 0.111. The molecule has 0 aromatic heterocycles. The minimum atomic E-state index is -1.28. The van der Waals surface area contributed by atoms with Crippen LogP contribution >= 0.6 is 15.9 Å². The second-order valence-electron chi connectivity index (χ2n) is 2.81. The Bertz CT molecular complexity index is 417. The first kappa shape index (κ1) is 11.5. The van der Waals surface area contributed by atoms with E-state index >= 15 is 0 Å². The zero-order valence-corrected chi connectivity index (χ0v) is 9.10. The fourth-order valence-electron chi connectivity index (χ4n) is 1.01. The van der Waals surface area contributed by atoms with Crippen molar-refractivity contribution in [1.82, 2.24) is 0 Å². The lowest BCUT2D eigenvalue weighted by atomic mass is 10.1. The molecule has 0 aliphatic carbocycles. The average molecular weight is 274 g/mol. The van der Waals surface area contributed by atoms with Crippen LogP contribution in [0, 0.1) is 0 Å². The van der Waals surface area contributed by atoms with E-state index in [1.54, 1.807) is 12.1 Å². The van der Waals surface area contributed by atoms with Crippen LogP contribution in [0.1, 0.15) is 5.56 Å². The van der Waals surface area contributed by atoms with Crippen LogP contribution in [0.2, 0.25) is 0 Å². The summed E-state index contributed by atoms with van der Waals surface area (Å²) >= 11 is 3.10. The highest BCUT2D eigenvalue weighted by Crippen LogP contribution is 2.24. The van der Waals surface area contributed by atoms with E-state index in [0.717, 1.165) is 0 Å². The SMILES string of the molecule is O=C(O)/C(Cc1ccc(O)c(Br)c1)=N\O. The zero-order chi connectivity index (χ0) is 11.4. The molecule has 80 valence electrons. The number of hydrogen-bond donors (Lipinski definition) is 3. The number of halogens is 1. The second kappa shape index (κ2) is 4.79. The van der Waals surface area contributed by atoms with Crippen LogP contribution in [0.25, 0.3) is 0 Å². The van der Waals surface area contributed by atoms with Crippen molar-refractivity contribution in [2.24, 2.45) is 5.16 Å². The predicted octanol–water partition coefficient (Wildman–Crippen LogP) is 1.61. The van der Waals surface area contributed by atoms with Crippen LogP contribution in [-0.2, 0) is 11.2 Å². The average Bonchev–Trinajstić information content (AvgIpc) is 2.19. The van der Waals surface area contributed by atoms with E-state index in [1.165, 1.54) is 6.07 Å². The molecule has 0 amide bonds. The molecule has 1 aromatic rings. The molecule has 3 N–H and O–H groups in total. The number of phenols is 1. The minimum Gasteiger partial charge on any atom is -0.507 e. The van der Waals surface area contributed by atoms with E-state index in [2.05, 4.69) is 21.1 Å². The molecule has 0 aliphatic heterocycles. The zero-order valence-electron chi connectivity index (χ0n) is 7.51. The van der Waals surface area contributed by atoms with Gasteiger partial charge < -0.3 is 15.4 Å². The highest BCUT2D eigenvalue weighted by Gasteiger charge is 2.11. The lowest BCUT2D eigenvalue weighted by Gasteiger charge is -2.02. The summed E-state index contributed by atoms with van der Waals surface area (Å²) < 4.78 is 0.461. The molecule has 5 nitrogen and oxygen atoms in total. The third-order valence-corrected chi connectivity index (χ3v) is 2.39. The number of aromatic hydroxyl groups is 1. The highest BCUT2D eigenvalue weighted by molar-refractivity contribution is 9.10. The first-order chi connectivity index (χ1) is 7.04. The van der Waals surface area contributed by atoms with Gasteiger partial charge in [-0.1, -0.05) is 11.2 Å². The van der Waals surface area contributed by atoms with Gasteiger partial charge in [0, 0.05) is 6.42 Å². The normalized spacial score (nSPS) is 11.4. The summed E-state index contributed by atoms with van der Waals surface area (Å²) in [5.41, 5.74) is 0.266. The topological polar surface area (TPSA) is 90.1 Å². The van der Waals surface area contributed by atoms with Gasteiger partial charge in [0.05, 0.1) is 4.47 Å². The first-order valence-electron chi connectivity index (χ1n) is 3.96. The minimum absolute atomic E-state index is 0.00921. The molecule has 15 heavy (non-hydrogen) atoms. The van der Waals surface area contributed by atoms with Crippen molar-refractivity contribution in [2.45, 2.75) is 6.42 Å². The summed E-state index contributed by atoms with van der Waals surface area (Å²) in [4.78, 5) is 10.5. The Morgan fingerprint density at radius 3 is 2.60 bits per heavy atom. The Labute approximate surface area is 93.8 Å². The van der Waals surface area contributed by atoms with E-state index in [0.29, 0.717) is 10.0 Å². The molecule has 0 unspecified atom stereocenters. The Balaban J connectivity index is 2.90. The van der Waals surface area contributed by atoms with Crippen molar-refractivity contribution < 1.29 is 20.2 Å². The van der Waals surface area contributed by atoms with Crippen molar-refractivity contribution in [3.63, 3.8) is 0 Å². The summed E-state index contributed by atoms with van der Waals surface area (Å²) in [6.07, 6.45) is -0.00921. The Hall–Kier alpha value is -1.56. The summed E-state index contributed by atoms with van der Waals surface area (Å²) in [6, 6.07) is 4.54. The van der Waals surface area contributed by atoms with Crippen LogP contribution in [0.5, 0.6) is 5.75 Å². The maximum Gasteiger partial charge on any atom is 0.354 e. The molecular formula is C9H8BrNO4. The summed E-state index contributed by atoms with van der Waals surface area (Å²) in [6.45, 7) is 0. The molecule has 0 radical (unpaired) electrons. The van der Waals surface area contributed by atoms with Gasteiger partial charge in [0.2, 0.25) is 0 Å². The molecular weight excluding hydrogens is 266 g/mol. The molecule has 1 rings (SSSR count). The van der Waals surface area contributed by atoms with Crippen LogP contribution in [0.15, 0.2) is 27.8 Å². The monoisotopic (exact) mass is 273 g/mol. The fourth-order valence-corrected chi connectivity index (χ4v) is 1.43. The molecule has 6 heteroatoms. The van der Waals surface area contributed by atoms with Crippen molar-refractivity contribution in [2.75, 3.05) is 0 Å². The quantitative estimate of drug-likeness (QED) is 0.443. The van der Waals surface area contributed by atoms with Gasteiger partial charge >= 0.3 is 5.97 Å². The van der Waals surface area contributed by atoms with Crippen LogP contribution in [0.4, 0.5) is 0 Å². The smallest absolute Gasteiger partial charge is 0.354 e. The van der Waals surface area contributed by atoms with E-state index < -0.39 is 5.97 Å². The van der Waals surface area contributed by atoms with Crippen molar-refractivity contribution in [1.29, 1.82) is 0 Å². The number of carboxylic acids is 1. The lowest BCUT2D eigenvalue weighted by molar-refractivity contribution is -0.129. The summed E-state index contributed by atoms with van der Waals surface area (Å²) in [7, 11) is 0. The van der Waals surface area contributed by atoms with E-state index in [-0.39, 0.29) is 17.9 Å². The van der Waals surface area contributed by atoms with Crippen molar-refractivity contribution in [3.05, 3.63) is 28.2 Å². The molecule has 0 bridgehead atoms. The summed E-state index contributed by atoms with van der Waals surface area (Å²) in [5.74, 6) is -1.21. The van der Waals surface area contributed by atoms with Crippen molar-refractivity contribution in [3.8, 4) is 5.75 Å². The maximum absolute atomic E-state index is 10.5. The second-order valence-corrected chi connectivity index (χ2v) is 3.67. The number of carboxylic acid groups (broad SMARTS) is 1. The molecule has 0 fully saturated rings. The lowest BCUT2D eigenvalue weighted by Crippen LogP contribution is -2.15.